The number of aromatic nitrogens is 4. The van der Waals surface area contributed by atoms with Crippen molar-refractivity contribution in [2.75, 3.05) is 23.8 Å². The number of anilines is 4. The van der Waals surface area contributed by atoms with Crippen LogP contribution in [0.2, 0.25) is 5.02 Å². The molecule has 3 heterocycles. The number of rotatable bonds is 8. The van der Waals surface area contributed by atoms with Crippen LogP contribution in [-0.4, -0.2) is 42.1 Å². The Morgan fingerprint density at radius 3 is 2.83 bits per heavy atom. The first-order valence-electron chi connectivity index (χ1n) is 11.1. The molecule has 4 N–H and O–H groups in total. The number of halogens is 1. The van der Waals surface area contributed by atoms with E-state index in [1.54, 1.807) is 0 Å². The second kappa shape index (κ2) is 10.7. The molecule has 0 radical (unpaired) electrons. The highest BCUT2D eigenvalue weighted by atomic mass is 35.5. The molecule has 12 heteroatoms. The van der Waals surface area contributed by atoms with E-state index in [0.717, 1.165) is 53.9 Å². The van der Waals surface area contributed by atoms with Crippen LogP contribution in [-0.2, 0) is 22.5 Å². The molecular formula is C23H23ClN7O3S-. The molecule has 1 unspecified atom stereocenters. The van der Waals surface area contributed by atoms with Crippen molar-refractivity contribution in [1.82, 2.24) is 24.9 Å². The lowest BCUT2D eigenvalue weighted by molar-refractivity contribution is 0.0847. The molecule has 1 atom stereocenters. The minimum atomic E-state index is -2.36. The summed E-state index contributed by atoms with van der Waals surface area (Å²) in [7, 11) is 0. The summed E-state index contributed by atoms with van der Waals surface area (Å²) in [5.41, 5.74) is 4.22. The van der Waals surface area contributed by atoms with E-state index in [1.165, 1.54) is 6.20 Å². The molecule has 1 saturated heterocycles. The van der Waals surface area contributed by atoms with Gasteiger partial charge in [0, 0.05) is 59.4 Å². The van der Waals surface area contributed by atoms with E-state index in [0.29, 0.717) is 28.4 Å². The number of ether oxygens (including phenoxy) is 1. The zero-order valence-electron chi connectivity index (χ0n) is 18.6. The monoisotopic (exact) mass is 512 g/mol. The Morgan fingerprint density at radius 1 is 1.17 bits per heavy atom. The highest BCUT2D eigenvalue weighted by molar-refractivity contribution is 7.77. The predicted molar refractivity (Wildman–Crippen MR) is 135 cm³/mol. The van der Waals surface area contributed by atoms with Gasteiger partial charge in [-0.3, -0.25) is 9.31 Å². The molecule has 0 bridgehead atoms. The summed E-state index contributed by atoms with van der Waals surface area (Å²) in [6, 6.07) is 13.2. The van der Waals surface area contributed by atoms with Crippen LogP contribution in [0.15, 0.2) is 48.7 Å². The van der Waals surface area contributed by atoms with Crippen molar-refractivity contribution in [3.8, 4) is 0 Å². The Hall–Kier alpha value is -3.09. The summed E-state index contributed by atoms with van der Waals surface area (Å²) >= 11 is 3.97. The van der Waals surface area contributed by atoms with Crippen LogP contribution in [0.4, 0.5) is 23.1 Å². The number of H-pyrrole nitrogens is 1. The molecule has 1 aliphatic rings. The summed E-state index contributed by atoms with van der Waals surface area (Å²) in [4.78, 5) is 8.79. The van der Waals surface area contributed by atoms with Gasteiger partial charge in [0.2, 0.25) is 5.95 Å². The molecule has 4 aromatic rings. The van der Waals surface area contributed by atoms with Gasteiger partial charge in [0.1, 0.15) is 5.02 Å². The van der Waals surface area contributed by atoms with Gasteiger partial charge in [0.25, 0.3) is 0 Å². The van der Waals surface area contributed by atoms with Gasteiger partial charge in [0.05, 0.1) is 11.7 Å². The lowest BCUT2D eigenvalue weighted by Crippen LogP contribution is -2.16. The highest BCUT2D eigenvalue weighted by Gasteiger charge is 2.20. The number of nitrogens with one attached hydrogen (secondary N) is 4. The van der Waals surface area contributed by atoms with E-state index in [1.807, 2.05) is 42.5 Å². The maximum absolute atomic E-state index is 10.9. The molecule has 0 spiro atoms. The van der Waals surface area contributed by atoms with Crippen molar-refractivity contribution >= 4 is 56.9 Å². The lowest BCUT2D eigenvalue weighted by atomic mass is 9.94. The van der Waals surface area contributed by atoms with Crippen molar-refractivity contribution in [3.05, 3.63) is 64.9 Å². The highest BCUT2D eigenvalue weighted by Crippen LogP contribution is 2.32. The summed E-state index contributed by atoms with van der Waals surface area (Å²) in [6.07, 6.45) is 3.47. The van der Waals surface area contributed by atoms with Gasteiger partial charge in [-0.2, -0.15) is 10.1 Å². The fraction of sp³-hybridized carbons (Fsp3) is 0.261. The fourth-order valence-electron chi connectivity index (χ4n) is 4.11. The maximum atomic E-state index is 10.9. The number of fused-ring (bicyclic) bond motifs is 1. The minimum absolute atomic E-state index is 0.132. The molecular weight excluding hydrogens is 490 g/mol. The van der Waals surface area contributed by atoms with Crippen LogP contribution >= 0.6 is 11.6 Å². The molecule has 0 amide bonds. The first kappa shape index (κ1) is 23.6. The third kappa shape index (κ3) is 5.60. The third-order valence-electron chi connectivity index (χ3n) is 5.87. The smallest absolute Gasteiger partial charge is 0.229 e. The van der Waals surface area contributed by atoms with E-state index < -0.39 is 11.3 Å². The SMILES string of the molecule is O=S([O-])NCc1ccccc1Nc1nc(Nc2ccc3c(C4CCOCC4)[nH]nc3c2)ncc1Cl. The normalized spacial score (nSPS) is 15.3. The van der Waals surface area contributed by atoms with E-state index in [9.17, 15) is 8.76 Å². The molecule has 0 saturated carbocycles. The van der Waals surface area contributed by atoms with Crippen LogP contribution in [0.3, 0.4) is 0 Å². The van der Waals surface area contributed by atoms with Crippen LogP contribution < -0.4 is 15.4 Å². The Kier molecular flexibility index (Phi) is 7.21. The molecule has 5 rings (SSSR count). The number of para-hydroxylation sites is 1. The van der Waals surface area contributed by atoms with Crippen LogP contribution in [0.25, 0.3) is 10.9 Å². The standard InChI is InChI=1S/C23H24ClN7O3S/c24-18-13-25-23(29-22(18)28-19-4-2-1-3-15(19)12-26-35(32)33)27-16-5-6-17-20(11-16)30-31-21(17)14-7-9-34-10-8-14/h1-6,11,13-14,26H,7-10,12H2,(H,30,31)(H,32,33)(H2,25,27,28,29)/p-1. The molecule has 0 aliphatic carbocycles. The second-order valence-corrected chi connectivity index (χ2v) is 9.27. The average Bonchev–Trinajstić information content (AvgIpc) is 3.29. The van der Waals surface area contributed by atoms with Crippen molar-refractivity contribution in [3.63, 3.8) is 0 Å². The van der Waals surface area contributed by atoms with E-state index in [4.69, 9.17) is 16.3 Å². The molecule has 2 aromatic heterocycles. The molecule has 2 aromatic carbocycles. The van der Waals surface area contributed by atoms with Crippen LogP contribution in [0, 0.1) is 0 Å². The molecule has 182 valence electrons. The van der Waals surface area contributed by atoms with Crippen molar-refractivity contribution in [2.24, 2.45) is 0 Å². The maximum Gasteiger partial charge on any atom is 0.229 e. The summed E-state index contributed by atoms with van der Waals surface area (Å²) in [5.74, 6) is 1.17. The summed E-state index contributed by atoms with van der Waals surface area (Å²) in [6.45, 7) is 1.68. The summed E-state index contributed by atoms with van der Waals surface area (Å²) in [5, 5.41) is 15.5. The predicted octanol–water partition coefficient (Wildman–Crippen LogP) is 4.27. The van der Waals surface area contributed by atoms with Gasteiger partial charge < -0.3 is 19.9 Å². The topological polar surface area (TPSA) is 140 Å². The van der Waals surface area contributed by atoms with Crippen molar-refractivity contribution < 1.29 is 13.5 Å². The van der Waals surface area contributed by atoms with Gasteiger partial charge >= 0.3 is 0 Å². The molecule has 1 aliphatic heterocycles. The first-order valence-corrected chi connectivity index (χ1v) is 12.5. The van der Waals surface area contributed by atoms with Crippen LogP contribution in [0.1, 0.15) is 30.0 Å². The Bertz CT molecular complexity index is 1360. The Labute approximate surface area is 209 Å². The second-order valence-electron chi connectivity index (χ2n) is 8.11. The number of hydrogen-bond acceptors (Lipinski definition) is 8. The number of hydrogen-bond donors (Lipinski definition) is 4. The quantitative estimate of drug-likeness (QED) is 0.256. The van der Waals surface area contributed by atoms with Gasteiger partial charge in [-0.25, -0.2) is 9.71 Å². The Balaban J connectivity index is 1.34. The lowest BCUT2D eigenvalue weighted by Gasteiger charge is -2.21. The van der Waals surface area contributed by atoms with Gasteiger partial charge in [-0.15, -0.1) is 0 Å². The van der Waals surface area contributed by atoms with Crippen molar-refractivity contribution in [2.45, 2.75) is 25.3 Å². The van der Waals surface area contributed by atoms with E-state index in [-0.39, 0.29) is 6.54 Å². The minimum Gasteiger partial charge on any atom is -0.760 e. The zero-order chi connectivity index (χ0) is 24.2. The molecule has 10 nitrogen and oxygen atoms in total. The zero-order valence-corrected chi connectivity index (χ0v) is 20.2. The summed E-state index contributed by atoms with van der Waals surface area (Å²) < 4.78 is 29.6. The average molecular weight is 513 g/mol. The third-order valence-corrected chi connectivity index (χ3v) is 6.52. The first-order chi connectivity index (χ1) is 17.1. The van der Waals surface area contributed by atoms with Gasteiger partial charge in [0.15, 0.2) is 5.82 Å². The fourth-order valence-corrected chi connectivity index (χ4v) is 4.52. The number of benzene rings is 2. The Morgan fingerprint density at radius 2 is 2.00 bits per heavy atom. The van der Waals surface area contributed by atoms with Crippen molar-refractivity contribution in [1.29, 1.82) is 0 Å². The number of nitrogens with zero attached hydrogens (tertiary/aromatic N) is 3. The van der Waals surface area contributed by atoms with E-state index in [2.05, 4.69) is 35.5 Å². The largest absolute Gasteiger partial charge is 0.760 e. The number of aromatic amines is 1. The molecule has 35 heavy (non-hydrogen) atoms. The van der Waals surface area contributed by atoms with Gasteiger partial charge in [-0.1, -0.05) is 29.8 Å². The molecule has 1 fully saturated rings. The van der Waals surface area contributed by atoms with Crippen LogP contribution in [0.5, 0.6) is 0 Å². The van der Waals surface area contributed by atoms with Gasteiger partial charge in [-0.05, 0) is 42.7 Å². The van der Waals surface area contributed by atoms with E-state index >= 15 is 0 Å².